The van der Waals surface area contributed by atoms with Crippen LogP contribution in [0.15, 0.2) is 12.4 Å². The minimum Gasteiger partial charge on any atom is -0.334 e. The van der Waals surface area contributed by atoms with Crippen molar-refractivity contribution < 1.29 is 0 Å². The van der Waals surface area contributed by atoms with Gasteiger partial charge in [0, 0.05) is 50.2 Å². The predicted octanol–water partition coefficient (Wildman–Crippen LogP) is 2.58. The van der Waals surface area contributed by atoms with Gasteiger partial charge in [0.05, 0.1) is 0 Å². The Hall–Kier alpha value is -0.870. The lowest BCUT2D eigenvalue weighted by Gasteiger charge is -2.46. The Kier molecular flexibility index (Phi) is 4.65. The summed E-state index contributed by atoms with van der Waals surface area (Å²) < 4.78 is 2.28. The van der Waals surface area contributed by atoms with Gasteiger partial charge in [-0.05, 0) is 26.2 Å². The van der Waals surface area contributed by atoms with Crippen molar-refractivity contribution in [3.05, 3.63) is 18.2 Å². The lowest BCUT2D eigenvalue weighted by molar-refractivity contribution is 0.0722. The summed E-state index contributed by atoms with van der Waals surface area (Å²) >= 11 is 0. The van der Waals surface area contributed by atoms with Crippen molar-refractivity contribution in [2.24, 2.45) is 0 Å². The SMILES string of the molecule is CCCC1CNC2(CCCC2)CN1CCn1ccnc1C. The Bertz CT molecular complexity index is 447. The number of hydrogen-bond acceptors (Lipinski definition) is 3. The van der Waals surface area contributed by atoms with Gasteiger partial charge < -0.3 is 9.88 Å². The first kappa shape index (κ1) is 15.0. The van der Waals surface area contributed by atoms with Crippen LogP contribution in [0.2, 0.25) is 0 Å². The van der Waals surface area contributed by atoms with Crippen molar-refractivity contribution >= 4 is 0 Å². The van der Waals surface area contributed by atoms with Crippen molar-refractivity contribution in [3.8, 4) is 0 Å². The summed E-state index contributed by atoms with van der Waals surface area (Å²) in [6.07, 6.45) is 12.2. The highest BCUT2D eigenvalue weighted by Crippen LogP contribution is 2.33. The number of aryl methyl sites for hydroxylation is 1. The molecule has 1 unspecified atom stereocenters. The van der Waals surface area contributed by atoms with Gasteiger partial charge in [-0.1, -0.05) is 26.2 Å². The summed E-state index contributed by atoms with van der Waals surface area (Å²) in [7, 11) is 0. The second-order valence-corrected chi connectivity index (χ2v) is 6.95. The molecular weight excluding hydrogens is 260 g/mol. The second kappa shape index (κ2) is 6.49. The number of nitrogens with zero attached hydrogens (tertiary/aromatic N) is 3. The van der Waals surface area contributed by atoms with Gasteiger partial charge in [-0.2, -0.15) is 0 Å². The summed E-state index contributed by atoms with van der Waals surface area (Å²) in [5.74, 6) is 1.13. The molecular formula is C17H30N4. The molecule has 1 N–H and O–H groups in total. The Morgan fingerprint density at radius 2 is 2.14 bits per heavy atom. The maximum absolute atomic E-state index is 4.34. The van der Waals surface area contributed by atoms with Crippen LogP contribution in [0.3, 0.4) is 0 Å². The first-order chi connectivity index (χ1) is 10.2. The molecule has 4 nitrogen and oxygen atoms in total. The van der Waals surface area contributed by atoms with Crippen molar-refractivity contribution in [2.75, 3.05) is 19.6 Å². The summed E-state index contributed by atoms with van der Waals surface area (Å²) in [5.41, 5.74) is 0.425. The van der Waals surface area contributed by atoms with Gasteiger partial charge in [-0.15, -0.1) is 0 Å². The summed E-state index contributed by atoms with van der Waals surface area (Å²) in [6, 6.07) is 0.713. The third kappa shape index (κ3) is 3.32. The van der Waals surface area contributed by atoms with Gasteiger partial charge in [0.1, 0.15) is 5.82 Å². The molecule has 0 aromatic carbocycles. The molecule has 2 heterocycles. The van der Waals surface area contributed by atoms with E-state index in [9.17, 15) is 0 Å². The van der Waals surface area contributed by atoms with Crippen LogP contribution in [-0.2, 0) is 6.54 Å². The maximum Gasteiger partial charge on any atom is 0.105 e. The van der Waals surface area contributed by atoms with Crippen LogP contribution in [0, 0.1) is 6.92 Å². The van der Waals surface area contributed by atoms with E-state index >= 15 is 0 Å². The third-order valence-corrected chi connectivity index (χ3v) is 5.47. The normalized spacial score (nSPS) is 25.7. The minimum absolute atomic E-state index is 0.425. The maximum atomic E-state index is 4.34. The van der Waals surface area contributed by atoms with E-state index in [1.165, 1.54) is 51.6 Å². The molecule has 118 valence electrons. The van der Waals surface area contributed by atoms with Crippen molar-refractivity contribution in [1.29, 1.82) is 0 Å². The zero-order valence-corrected chi connectivity index (χ0v) is 13.6. The highest BCUT2D eigenvalue weighted by Gasteiger charge is 2.40. The number of aromatic nitrogens is 2. The standard InChI is InChI=1S/C17H30N4/c1-3-6-16-13-19-17(7-4-5-8-17)14-21(16)12-11-20-10-9-18-15(20)2/h9-10,16,19H,3-8,11-14H2,1-2H3. The van der Waals surface area contributed by atoms with Crippen LogP contribution in [0.1, 0.15) is 51.3 Å². The van der Waals surface area contributed by atoms with Crippen molar-refractivity contribution in [3.63, 3.8) is 0 Å². The fourth-order valence-electron chi connectivity index (χ4n) is 4.18. The van der Waals surface area contributed by atoms with E-state index in [0.29, 0.717) is 11.6 Å². The molecule has 1 atom stereocenters. The summed E-state index contributed by atoms with van der Waals surface area (Å²) in [5, 5.41) is 3.90. The minimum atomic E-state index is 0.425. The van der Waals surface area contributed by atoms with Crippen LogP contribution >= 0.6 is 0 Å². The average Bonchev–Trinajstić information content (AvgIpc) is 3.09. The highest BCUT2D eigenvalue weighted by atomic mass is 15.3. The van der Waals surface area contributed by atoms with Gasteiger partial charge in [-0.3, -0.25) is 4.90 Å². The molecule has 2 aliphatic rings. The van der Waals surface area contributed by atoms with E-state index in [2.05, 4.69) is 39.8 Å². The Morgan fingerprint density at radius 3 is 2.81 bits per heavy atom. The number of imidazole rings is 1. The monoisotopic (exact) mass is 290 g/mol. The molecule has 0 radical (unpaired) electrons. The van der Waals surface area contributed by atoms with Crippen molar-refractivity contribution in [1.82, 2.24) is 19.8 Å². The largest absolute Gasteiger partial charge is 0.334 e. The molecule has 1 saturated heterocycles. The fourth-order valence-corrected chi connectivity index (χ4v) is 4.18. The molecule has 1 aliphatic carbocycles. The molecule has 1 aromatic rings. The molecule has 3 rings (SSSR count). The van der Waals surface area contributed by atoms with Crippen LogP contribution in [0.4, 0.5) is 0 Å². The topological polar surface area (TPSA) is 33.1 Å². The number of piperazine rings is 1. The van der Waals surface area contributed by atoms with E-state index in [-0.39, 0.29) is 0 Å². The Balaban J connectivity index is 1.64. The van der Waals surface area contributed by atoms with Gasteiger partial charge in [-0.25, -0.2) is 4.98 Å². The lowest BCUT2D eigenvalue weighted by atomic mass is 9.91. The van der Waals surface area contributed by atoms with Gasteiger partial charge in [0.15, 0.2) is 0 Å². The summed E-state index contributed by atoms with van der Waals surface area (Å²) in [6.45, 7) is 9.05. The van der Waals surface area contributed by atoms with Gasteiger partial charge in [0.2, 0.25) is 0 Å². The van der Waals surface area contributed by atoms with Crippen LogP contribution < -0.4 is 5.32 Å². The first-order valence-electron chi connectivity index (χ1n) is 8.69. The zero-order chi connectivity index (χ0) is 14.7. The average molecular weight is 290 g/mol. The molecule has 1 aromatic heterocycles. The lowest BCUT2D eigenvalue weighted by Crippen LogP contribution is -2.63. The Morgan fingerprint density at radius 1 is 1.33 bits per heavy atom. The van der Waals surface area contributed by atoms with E-state index in [4.69, 9.17) is 0 Å². The fraction of sp³-hybridized carbons (Fsp3) is 0.824. The van der Waals surface area contributed by atoms with E-state index in [1.54, 1.807) is 0 Å². The number of nitrogens with one attached hydrogen (secondary N) is 1. The quantitative estimate of drug-likeness (QED) is 0.905. The zero-order valence-electron chi connectivity index (χ0n) is 13.6. The third-order valence-electron chi connectivity index (χ3n) is 5.47. The number of rotatable bonds is 5. The van der Waals surface area contributed by atoms with E-state index in [0.717, 1.165) is 18.9 Å². The number of hydrogen-bond donors (Lipinski definition) is 1. The molecule has 1 spiro atoms. The van der Waals surface area contributed by atoms with Crippen LogP contribution in [0.5, 0.6) is 0 Å². The highest BCUT2D eigenvalue weighted by molar-refractivity contribution is 5.01. The van der Waals surface area contributed by atoms with E-state index in [1.807, 2.05) is 6.20 Å². The molecule has 21 heavy (non-hydrogen) atoms. The van der Waals surface area contributed by atoms with Crippen LogP contribution in [0.25, 0.3) is 0 Å². The Labute approximate surface area is 128 Å². The second-order valence-electron chi connectivity index (χ2n) is 6.95. The molecule has 1 saturated carbocycles. The van der Waals surface area contributed by atoms with Crippen LogP contribution in [-0.4, -0.2) is 45.7 Å². The first-order valence-corrected chi connectivity index (χ1v) is 8.69. The van der Waals surface area contributed by atoms with Gasteiger partial charge >= 0.3 is 0 Å². The molecule has 1 aliphatic heterocycles. The molecule has 2 fully saturated rings. The molecule has 0 bridgehead atoms. The molecule has 0 amide bonds. The summed E-state index contributed by atoms with van der Waals surface area (Å²) in [4.78, 5) is 7.09. The molecule has 4 heteroatoms. The van der Waals surface area contributed by atoms with E-state index < -0.39 is 0 Å². The predicted molar refractivity (Wildman–Crippen MR) is 86.4 cm³/mol. The van der Waals surface area contributed by atoms with Crippen molar-refractivity contribution in [2.45, 2.75) is 70.5 Å². The van der Waals surface area contributed by atoms with Gasteiger partial charge in [0.25, 0.3) is 0 Å². The smallest absolute Gasteiger partial charge is 0.105 e.